The molecular weight excluding hydrogens is 623 g/mol. The number of methoxy groups -OCH3 is 1. The van der Waals surface area contributed by atoms with Crippen LogP contribution in [0.15, 0.2) is 104 Å². The highest BCUT2D eigenvalue weighted by molar-refractivity contribution is 9.10. The van der Waals surface area contributed by atoms with Gasteiger partial charge >= 0.3 is 5.69 Å². The van der Waals surface area contributed by atoms with Gasteiger partial charge < -0.3 is 13.9 Å². The topological polar surface area (TPSA) is 122 Å². The molecule has 0 unspecified atom stereocenters. The highest BCUT2D eigenvalue weighted by Gasteiger charge is 2.22. The number of halogens is 2. The third-order valence-electron chi connectivity index (χ3n) is 6.58. The minimum absolute atomic E-state index is 0.0763. The van der Waals surface area contributed by atoms with Crippen LogP contribution < -0.4 is 15.0 Å². The number of ether oxygens (including phenoxy) is 2. The largest absolute Gasteiger partial charge is 0.496 e. The first-order valence-corrected chi connectivity index (χ1v) is 13.6. The molecule has 0 amide bonds. The maximum absolute atomic E-state index is 13.7. The fraction of sp³-hybridized carbons (Fsp3) is 0.0645. The fourth-order valence-electron chi connectivity index (χ4n) is 4.56. The molecule has 214 valence electrons. The summed E-state index contributed by atoms with van der Waals surface area (Å²) in [5, 5.41) is 17.4. The number of hydrogen-bond acceptors (Lipinski definition) is 8. The van der Waals surface area contributed by atoms with Gasteiger partial charge in [-0.25, -0.2) is 9.37 Å². The number of rotatable bonds is 8. The van der Waals surface area contributed by atoms with Gasteiger partial charge in [-0.1, -0.05) is 46.3 Å². The quantitative estimate of drug-likeness (QED) is 0.0986. The summed E-state index contributed by atoms with van der Waals surface area (Å²) >= 11 is 3.31. The lowest BCUT2D eigenvalue weighted by Crippen LogP contribution is -2.20. The standard InChI is InChI=1S/C31H20BrFN4O6/c1-41-26-7-4-8-27-23(26)15-28(43-27)30-35-24-6-3-2-5-22(24)31(38)36(30)34-16-19-13-20(32)14-25(37(39)40)29(19)42-17-18-9-11-21(33)12-10-18/h2-16H,17H2,1H3. The molecule has 6 rings (SSSR count). The van der Waals surface area contributed by atoms with Gasteiger partial charge in [-0.3, -0.25) is 14.9 Å². The predicted molar refractivity (Wildman–Crippen MR) is 162 cm³/mol. The van der Waals surface area contributed by atoms with Crippen LogP contribution in [0.2, 0.25) is 0 Å². The van der Waals surface area contributed by atoms with Crippen LogP contribution in [0.1, 0.15) is 11.1 Å². The van der Waals surface area contributed by atoms with Crippen LogP contribution in [0.25, 0.3) is 33.5 Å². The number of fused-ring (bicyclic) bond motifs is 2. The van der Waals surface area contributed by atoms with Gasteiger partial charge in [0.05, 0.1) is 34.5 Å². The molecule has 0 aliphatic carbocycles. The van der Waals surface area contributed by atoms with Crippen LogP contribution in [0.4, 0.5) is 10.1 Å². The lowest BCUT2D eigenvalue weighted by molar-refractivity contribution is -0.386. The molecule has 2 aromatic heterocycles. The molecule has 12 heteroatoms. The lowest BCUT2D eigenvalue weighted by atomic mass is 10.2. The van der Waals surface area contributed by atoms with E-state index in [1.807, 2.05) is 0 Å². The van der Waals surface area contributed by atoms with Crippen LogP contribution in [0, 0.1) is 15.9 Å². The number of hydrogen-bond donors (Lipinski definition) is 0. The summed E-state index contributed by atoms with van der Waals surface area (Å²) in [6.07, 6.45) is 1.28. The first-order chi connectivity index (χ1) is 20.8. The summed E-state index contributed by atoms with van der Waals surface area (Å²) in [6, 6.07) is 22.3. The zero-order valence-corrected chi connectivity index (χ0v) is 23.9. The number of aromatic nitrogens is 2. The van der Waals surface area contributed by atoms with Gasteiger partial charge in [0.2, 0.25) is 11.6 Å². The van der Waals surface area contributed by atoms with E-state index in [4.69, 9.17) is 13.9 Å². The molecule has 0 radical (unpaired) electrons. The van der Waals surface area contributed by atoms with Gasteiger partial charge in [0.1, 0.15) is 23.8 Å². The van der Waals surface area contributed by atoms with Crippen molar-refractivity contribution in [3.63, 3.8) is 0 Å². The molecule has 0 atom stereocenters. The minimum Gasteiger partial charge on any atom is -0.496 e. The monoisotopic (exact) mass is 642 g/mol. The SMILES string of the molecule is COc1cccc2oc(-c3nc4ccccc4c(=O)n3N=Cc3cc(Br)cc([N+](=O)[O-])c3OCc3ccc(F)cc3)cc12. The summed E-state index contributed by atoms with van der Waals surface area (Å²) in [6.45, 7) is -0.0763. The number of nitrogens with zero attached hydrogens (tertiary/aromatic N) is 4. The Morgan fingerprint density at radius 1 is 1.07 bits per heavy atom. The molecule has 0 N–H and O–H groups in total. The van der Waals surface area contributed by atoms with Gasteiger partial charge in [-0.2, -0.15) is 9.78 Å². The summed E-state index contributed by atoms with van der Waals surface area (Å²) < 4.78 is 32.2. The Hall–Kier alpha value is -5.36. The first kappa shape index (κ1) is 27.8. The second-order valence-electron chi connectivity index (χ2n) is 9.31. The Morgan fingerprint density at radius 2 is 1.86 bits per heavy atom. The smallest absolute Gasteiger partial charge is 0.312 e. The van der Waals surface area contributed by atoms with Crippen molar-refractivity contribution in [1.29, 1.82) is 0 Å². The van der Waals surface area contributed by atoms with Gasteiger partial charge in [0.15, 0.2) is 5.76 Å². The summed E-state index contributed by atoms with van der Waals surface area (Å²) in [5.74, 6) is 0.441. The third-order valence-corrected chi connectivity index (χ3v) is 7.04. The van der Waals surface area contributed by atoms with E-state index in [1.54, 1.807) is 61.7 Å². The Bertz CT molecular complexity index is 2110. The Kier molecular flexibility index (Phi) is 7.43. The summed E-state index contributed by atoms with van der Waals surface area (Å²) in [5.41, 5.74) is 0.947. The molecule has 43 heavy (non-hydrogen) atoms. The number of furan rings is 1. The van der Waals surface area contributed by atoms with E-state index in [2.05, 4.69) is 26.0 Å². The molecule has 2 heterocycles. The van der Waals surface area contributed by atoms with Crippen molar-refractivity contribution in [2.75, 3.05) is 7.11 Å². The van der Waals surface area contributed by atoms with Crippen LogP contribution in [-0.2, 0) is 6.61 Å². The number of benzene rings is 4. The van der Waals surface area contributed by atoms with Crippen molar-refractivity contribution >= 4 is 49.7 Å². The van der Waals surface area contributed by atoms with E-state index < -0.39 is 16.3 Å². The molecule has 0 fully saturated rings. The lowest BCUT2D eigenvalue weighted by Gasteiger charge is -2.11. The molecule has 0 spiro atoms. The van der Waals surface area contributed by atoms with E-state index in [0.29, 0.717) is 37.7 Å². The Labute approximate surface area is 250 Å². The van der Waals surface area contributed by atoms with Crippen LogP contribution in [0.3, 0.4) is 0 Å². The van der Waals surface area contributed by atoms with Gasteiger partial charge in [0.25, 0.3) is 5.56 Å². The van der Waals surface area contributed by atoms with Crippen molar-refractivity contribution in [3.05, 3.63) is 127 Å². The molecule has 6 aromatic rings. The van der Waals surface area contributed by atoms with Gasteiger partial charge in [-0.15, -0.1) is 0 Å². The molecule has 4 aromatic carbocycles. The van der Waals surface area contributed by atoms with E-state index >= 15 is 0 Å². The number of para-hydroxylation sites is 1. The number of nitro groups is 1. The normalized spacial score (nSPS) is 11.4. The molecule has 0 aliphatic rings. The maximum atomic E-state index is 13.7. The second-order valence-corrected chi connectivity index (χ2v) is 10.2. The third kappa shape index (κ3) is 5.47. The molecular formula is C31H20BrFN4O6. The van der Waals surface area contributed by atoms with Crippen LogP contribution in [0.5, 0.6) is 11.5 Å². The minimum atomic E-state index is -0.584. The van der Waals surface area contributed by atoms with E-state index in [-0.39, 0.29) is 35.2 Å². The number of nitro benzene ring substituents is 1. The highest BCUT2D eigenvalue weighted by Crippen LogP contribution is 2.35. The van der Waals surface area contributed by atoms with Crippen molar-refractivity contribution in [2.24, 2.45) is 5.10 Å². The average molecular weight is 643 g/mol. The van der Waals surface area contributed by atoms with Gasteiger partial charge in [0, 0.05) is 16.1 Å². The van der Waals surface area contributed by atoms with E-state index in [0.717, 1.165) is 4.68 Å². The van der Waals surface area contributed by atoms with Crippen molar-refractivity contribution < 1.29 is 23.2 Å². The summed E-state index contributed by atoms with van der Waals surface area (Å²) in [7, 11) is 1.54. The van der Waals surface area contributed by atoms with Crippen molar-refractivity contribution in [3.8, 4) is 23.1 Å². The second kappa shape index (κ2) is 11.5. The van der Waals surface area contributed by atoms with Crippen molar-refractivity contribution in [2.45, 2.75) is 6.61 Å². The first-order valence-electron chi connectivity index (χ1n) is 12.8. The van der Waals surface area contributed by atoms with Gasteiger partial charge in [-0.05, 0) is 54.1 Å². The Morgan fingerprint density at radius 3 is 2.63 bits per heavy atom. The fourth-order valence-corrected chi connectivity index (χ4v) is 5.02. The molecule has 0 saturated carbocycles. The molecule has 10 nitrogen and oxygen atoms in total. The van der Waals surface area contributed by atoms with Crippen LogP contribution >= 0.6 is 15.9 Å². The molecule has 0 saturated heterocycles. The molecule has 0 bridgehead atoms. The van der Waals surface area contributed by atoms with Crippen molar-refractivity contribution in [1.82, 2.24) is 9.66 Å². The predicted octanol–water partition coefficient (Wildman–Crippen LogP) is 7.09. The van der Waals surface area contributed by atoms with Crippen LogP contribution in [-0.4, -0.2) is 27.9 Å². The molecule has 0 aliphatic heterocycles. The van der Waals surface area contributed by atoms with E-state index in [1.165, 1.54) is 36.5 Å². The Balaban J connectivity index is 1.50. The highest BCUT2D eigenvalue weighted by atomic mass is 79.9. The zero-order chi connectivity index (χ0) is 30.1. The summed E-state index contributed by atoms with van der Waals surface area (Å²) in [4.78, 5) is 29.8. The average Bonchev–Trinajstić information content (AvgIpc) is 3.45. The zero-order valence-electron chi connectivity index (χ0n) is 22.4. The maximum Gasteiger partial charge on any atom is 0.312 e. The van der Waals surface area contributed by atoms with E-state index in [9.17, 15) is 19.3 Å².